The molecule has 0 saturated heterocycles. The molecule has 110 valence electrons. The molecule has 0 unspecified atom stereocenters. The maximum atomic E-state index is 11.2. The van der Waals surface area contributed by atoms with Crippen LogP contribution in [-0.4, -0.2) is 23.8 Å². The molecular formula is C17H24O3. The molecule has 0 fully saturated rings. The molecule has 1 aromatic carbocycles. The summed E-state index contributed by atoms with van der Waals surface area (Å²) >= 11 is 0. The molecule has 1 aromatic rings. The van der Waals surface area contributed by atoms with Gasteiger partial charge in [0.25, 0.3) is 0 Å². The second-order valence-corrected chi connectivity index (χ2v) is 4.78. The highest BCUT2D eigenvalue weighted by Crippen LogP contribution is 2.10. The van der Waals surface area contributed by atoms with Crippen molar-refractivity contribution >= 4 is 12.0 Å². The zero-order chi connectivity index (χ0) is 14.8. The van der Waals surface area contributed by atoms with E-state index in [0.29, 0.717) is 6.61 Å². The van der Waals surface area contributed by atoms with E-state index in [-0.39, 0.29) is 12.4 Å². The highest BCUT2D eigenvalue weighted by atomic mass is 16.5. The van der Waals surface area contributed by atoms with Crippen LogP contribution in [0.2, 0.25) is 0 Å². The second kappa shape index (κ2) is 9.32. The van der Waals surface area contributed by atoms with Crippen LogP contribution in [0.1, 0.15) is 44.2 Å². The molecule has 0 amide bonds. The molecule has 1 N–H and O–H groups in total. The number of carbonyl (C=O) groups is 1. The predicted octanol–water partition coefficient (Wildman–Crippen LogP) is 3.36. The van der Waals surface area contributed by atoms with Crippen molar-refractivity contribution in [2.45, 2.75) is 45.6 Å². The lowest BCUT2D eigenvalue weighted by atomic mass is 10.1. The zero-order valence-corrected chi connectivity index (χ0v) is 12.3. The van der Waals surface area contributed by atoms with Crippen LogP contribution >= 0.6 is 0 Å². The van der Waals surface area contributed by atoms with E-state index >= 15 is 0 Å². The SMILES string of the molecule is CCCCc1ccc(C=C[C@H](O)CC(=O)OCC)cc1. The van der Waals surface area contributed by atoms with E-state index in [1.807, 2.05) is 18.2 Å². The van der Waals surface area contributed by atoms with Crippen molar-refractivity contribution in [1.82, 2.24) is 0 Å². The van der Waals surface area contributed by atoms with Gasteiger partial charge in [-0.1, -0.05) is 49.8 Å². The largest absolute Gasteiger partial charge is 0.466 e. The Labute approximate surface area is 121 Å². The Morgan fingerprint density at radius 2 is 2.00 bits per heavy atom. The third kappa shape index (κ3) is 6.53. The molecule has 0 aliphatic heterocycles. The first-order valence-electron chi connectivity index (χ1n) is 7.26. The van der Waals surface area contributed by atoms with Crippen molar-refractivity contribution in [2.75, 3.05) is 6.61 Å². The minimum Gasteiger partial charge on any atom is -0.466 e. The average Bonchev–Trinajstić information content (AvgIpc) is 2.44. The molecular weight excluding hydrogens is 252 g/mol. The summed E-state index contributed by atoms with van der Waals surface area (Å²) in [5.41, 5.74) is 2.35. The van der Waals surface area contributed by atoms with Crippen LogP contribution < -0.4 is 0 Å². The van der Waals surface area contributed by atoms with Gasteiger partial charge in [0.05, 0.1) is 19.1 Å². The molecule has 1 rings (SSSR count). The van der Waals surface area contributed by atoms with Gasteiger partial charge in [-0.3, -0.25) is 4.79 Å². The highest BCUT2D eigenvalue weighted by Gasteiger charge is 2.07. The van der Waals surface area contributed by atoms with E-state index in [2.05, 4.69) is 19.1 Å². The first kappa shape index (κ1) is 16.4. The molecule has 0 spiro atoms. The van der Waals surface area contributed by atoms with Crippen LogP contribution in [0.3, 0.4) is 0 Å². The van der Waals surface area contributed by atoms with E-state index in [9.17, 15) is 9.90 Å². The number of ether oxygens (including phenoxy) is 1. The first-order valence-corrected chi connectivity index (χ1v) is 7.26. The summed E-state index contributed by atoms with van der Waals surface area (Å²) < 4.78 is 4.78. The number of esters is 1. The average molecular weight is 276 g/mol. The number of aryl methyl sites for hydroxylation is 1. The number of hydrogen-bond donors (Lipinski definition) is 1. The minimum atomic E-state index is -0.797. The van der Waals surface area contributed by atoms with Crippen LogP contribution in [0, 0.1) is 0 Å². The summed E-state index contributed by atoms with van der Waals surface area (Å²) in [7, 11) is 0. The Hall–Kier alpha value is -1.61. The zero-order valence-electron chi connectivity index (χ0n) is 12.3. The Balaban J connectivity index is 2.46. The van der Waals surface area contributed by atoms with Crippen LogP contribution in [0.15, 0.2) is 30.3 Å². The van der Waals surface area contributed by atoms with Gasteiger partial charge in [-0.05, 0) is 30.9 Å². The molecule has 0 bridgehead atoms. The minimum absolute atomic E-state index is 0.00107. The number of hydrogen-bond acceptors (Lipinski definition) is 3. The summed E-state index contributed by atoms with van der Waals surface area (Å²) in [6.07, 6.45) is 6.15. The van der Waals surface area contributed by atoms with Gasteiger partial charge in [-0.2, -0.15) is 0 Å². The molecule has 0 heterocycles. The first-order chi connectivity index (χ1) is 9.65. The van der Waals surface area contributed by atoms with Crippen molar-refractivity contribution in [3.63, 3.8) is 0 Å². The third-order valence-corrected chi connectivity index (χ3v) is 2.99. The number of benzene rings is 1. The molecule has 20 heavy (non-hydrogen) atoms. The summed E-state index contributed by atoms with van der Waals surface area (Å²) in [6, 6.07) is 8.26. The highest BCUT2D eigenvalue weighted by molar-refractivity contribution is 5.70. The number of aliphatic hydroxyl groups excluding tert-OH is 1. The fourth-order valence-corrected chi connectivity index (χ4v) is 1.86. The van der Waals surface area contributed by atoms with E-state index in [1.54, 1.807) is 13.0 Å². The smallest absolute Gasteiger partial charge is 0.308 e. The maximum Gasteiger partial charge on any atom is 0.308 e. The molecule has 0 radical (unpaired) electrons. The van der Waals surface area contributed by atoms with Crippen molar-refractivity contribution in [3.8, 4) is 0 Å². The molecule has 0 aliphatic rings. The van der Waals surface area contributed by atoms with Gasteiger partial charge >= 0.3 is 5.97 Å². The van der Waals surface area contributed by atoms with Crippen LogP contribution in [0.5, 0.6) is 0 Å². The lowest BCUT2D eigenvalue weighted by molar-refractivity contribution is -0.144. The molecule has 0 aromatic heterocycles. The molecule has 3 heteroatoms. The van der Waals surface area contributed by atoms with Gasteiger partial charge in [0.2, 0.25) is 0 Å². The van der Waals surface area contributed by atoms with Gasteiger partial charge < -0.3 is 9.84 Å². The van der Waals surface area contributed by atoms with Crippen molar-refractivity contribution in [1.29, 1.82) is 0 Å². The van der Waals surface area contributed by atoms with E-state index < -0.39 is 6.10 Å². The number of unbranched alkanes of at least 4 members (excludes halogenated alkanes) is 1. The second-order valence-electron chi connectivity index (χ2n) is 4.78. The quantitative estimate of drug-likeness (QED) is 0.741. The number of aliphatic hydroxyl groups is 1. The fourth-order valence-electron chi connectivity index (χ4n) is 1.86. The Morgan fingerprint density at radius 1 is 1.30 bits per heavy atom. The fraction of sp³-hybridized carbons (Fsp3) is 0.471. The number of rotatable bonds is 8. The van der Waals surface area contributed by atoms with Gasteiger partial charge in [-0.15, -0.1) is 0 Å². The van der Waals surface area contributed by atoms with E-state index in [0.717, 1.165) is 12.0 Å². The lowest BCUT2D eigenvalue weighted by Gasteiger charge is -2.05. The van der Waals surface area contributed by atoms with Gasteiger partial charge in [0, 0.05) is 0 Å². The Kier molecular flexibility index (Phi) is 7.66. The van der Waals surface area contributed by atoms with Crippen LogP contribution in [0.4, 0.5) is 0 Å². The molecule has 3 nitrogen and oxygen atoms in total. The summed E-state index contributed by atoms with van der Waals surface area (Å²) in [6.45, 7) is 4.27. The predicted molar refractivity (Wildman–Crippen MR) is 81.3 cm³/mol. The Bertz CT molecular complexity index is 420. The summed E-state index contributed by atoms with van der Waals surface area (Å²) in [4.78, 5) is 11.2. The number of carbonyl (C=O) groups excluding carboxylic acids is 1. The molecule has 0 saturated carbocycles. The third-order valence-electron chi connectivity index (χ3n) is 2.99. The van der Waals surface area contributed by atoms with Crippen LogP contribution in [0.25, 0.3) is 6.08 Å². The van der Waals surface area contributed by atoms with Crippen LogP contribution in [-0.2, 0) is 16.0 Å². The lowest BCUT2D eigenvalue weighted by Crippen LogP contribution is -2.13. The molecule has 0 aliphatic carbocycles. The molecule has 1 atom stereocenters. The standard InChI is InChI=1S/C17H24O3/c1-3-5-6-14-7-9-15(10-8-14)11-12-16(18)13-17(19)20-4-2/h7-12,16,18H,3-6,13H2,1-2H3/t16-/m0/s1. The monoisotopic (exact) mass is 276 g/mol. The van der Waals surface area contributed by atoms with Crippen molar-refractivity contribution in [3.05, 3.63) is 41.5 Å². The van der Waals surface area contributed by atoms with Crippen molar-refractivity contribution < 1.29 is 14.6 Å². The van der Waals surface area contributed by atoms with E-state index in [1.165, 1.54) is 18.4 Å². The van der Waals surface area contributed by atoms with Gasteiger partial charge in [0.15, 0.2) is 0 Å². The summed E-state index contributed by atoms with van der Waals surface area (Å²) in [5, 5.41) is 9.69. The topological polar surface area (TPSA) is 46.5 Å². The van der Waals surface area contributed by atoms with Gasteiger partial charge in [0.1, 0.15) is 0 Å². The van der Waals surface area contributed by atoms with Gasteiger partial charge in [-0.25, -0.2) is 0 Å². The van der Waals surface area contributed by atoms with Crippen molar-refractivity contribution in [2.24, 2.45) is 0 Å². The van der Waals surface area contributed by atoms with E-state index in [4.69, 9.17) is 4.74 Å². The maximum absolute atomic E-state index is 11.2. The summed E-state index contributed by atoms with van der Waals surface area (Å²) in [5.74, 6) is -0.375. The Morgan fingerprint density at radius 3 is 2.60 bits per heavy atom. The normalized spacial score (nSPS) is 12.6.